The lowest BCUT2D eigenvalue weighted by molar-refractivity contribution is 0.199. The molecule has 0 aliphatic heterocycles. The molecule has 0 aromatic heterocycles. The van der Waals surface area contributed by atoms with Crippen molar-refractivity contribution >= 4 is 17.3 Å². The van der Waals surface area contributed by atoms with Crippen molar-refractivity contribution in [1.29, 1.82) is 0 Å². The van der Waals surface area contributed by atoms with E-state index >= 15 is 0 Å². The molecule has 5 heteroatoms. The Kier molecular flexibility index (Phi) is 6.77. The molecule has 0 saturated heterocycles. The van der Waals surface area contributed by atoms with Gasteiger partial charge in [-0.1, -0.05) is 17.7 Å². The lowest BCUT2D eigenvalue weighted by Crippen LogP contribution is -2.31. The van der Waals surface area contributed by atoms with Crippen LogP contribution in [0.1, 0.15) is 18.4 Å². The Morgan fingerprint density at radius 1 is 1.24 bits per heavy atom. The van der Waals surface area contributed by atoms with Gasteiger partial charge in [0.25, 0.3) is 0 Å². The maximum absolute atomic E-state index is 6.42. The van der Waals surface area contributed by atoms with E-state index in [0.29, 0.717) is 12.6 Å². The minimum absolute atomic E-state index is 0.636. The maximum atomic E-state index is 6.42. The second kappa shape index (κ2) is 8.59. The molecule has 0 unspecified atom stereocenters. The summed E-state index contributed by atoms with van der Waals surface area (Å²) in [5.74, 6) is 0. The molecule has 1 saturated carbocycles. The number of ether oxygens (including phenoxy) is 2. The molecule has 1 aromatic rings. The third-order valence-corrected chi connectivity index (χ3v) is 4.07. The number of halogens is 1. The van der Waals surface area contributed by atoms with Gasteiger partial charge in [0, 0.05) is 56.2 Å². The van der Waals surface area contributed by atoms with E-state index in [-0.39, 0.29) is 0 Å². The quantitative estimate of drug-likeness (QED) is 0.674. The molecule has 1 aliphatic carbocycles. The predicted octanol–water partition coefficient (Wildman–Crippen LogP) is 2.69. The molecule has 1 aliphatic rings. The third-order valence-electron chi connectivity index (χ3n) is 3.71. The van der Waals surface area contributed by atoms with Crippen LogP contribution in [0.3, 0.4) is 0 Å². The van der Waals surface area contributed by atoms with Crippen molar-refractivity contribution in [3.63, 3.8) is 0 Å². The molecule has 4 nitrogen and oxygen atoms in total. The minimum Gasteiger partial charge on any atom is -0.383 e. The van der Waals surface area contributed by atoms with E-state index in [4.69, 9.17) is 21.1 Å². The van der Waals surface area contributed by atoms with Crippen LogP contribution in [0.2, 0.25) is 5.02 Å². The second-order valence-electron chi connectivity index (χ2n) is 5.32. The Hall–Kier alpha value is -0.810. The Morgan fingerprint density at radius 3 is 2.67 bits per heavy atom. The van der Waals surface area contributed by atoms with E-state index in [9.17, 15) is 0 Å². The van der Waals surface area contributed by atoms with Crippen LogP contribution >= 0.6 is 11.6 Å². The van der Waals surface area contributed by atoms with E-state index in [2.05, 4.69) is 16.3 Å². The number of anilines is 1. The lowest BCUT2D eigenvalue weighted by Gasteiger charge is -2.27. The van der Waals surface area contributed by atoms with Crippen LogP contribution in [0.4, 0.5) is 5.69 Å². The second-order valence-corrected chi connectivity index (χ2v) is 5.73. The van der Waals surface area contributed by atoms with Crippen molar-refractivity contribution in [2.24, 2.45) is 0 Å². The molecule has 1 fully saturated rings. The number of hydrogen-bond acceptors (Lipinski definition) is 4. The molecule has 1 aromatic carbocycles. The van der Waals surface area contributed by atoms with E-state index in [0.717, 1.165) is 31.3 Å². The molecule has 0 amide bonds. The SMILES string of the molecule is COCCNCc1c(Cl)cccc1N(CCOC)C1CC1. The highest BCUT2D eigenvalue weighted by molar-refractivity contribution is 6.31. The fraction of sp³-hybridized carbons (Fsp3) is 0.625. The largest absolute Gasteiger partial charge is 0.383 e. The Balaban J connectivity index is 2.10. The van der Waals surface area contributed by atoms with Crippen LogP contribution in [0.5, 0.6) is 0 Å². The maximum Gasteiger partial charge on any atom is 0.0637 e. The summed E-state index contributed by atoms with van der Waals surface area (Å²) in [6.07, 6.45) is 2.51. The smallest absolute Gasteiger partial charge is 0.0637 e. The average molecular weight is 313 g/mol. The zero-order valence-electron chi connectivity index (χ0n) is 12.9. The van der Waals surface area contributed by atoms with Crippen molar-refractivity contribution in [3.05, 3.63) is 28.8 Å². The van der Waals surface area contributed by atoms with Gasteiger partial charge in [-0.05, 0) is 25.0 Å². The van der Waals surface area contributed by atoms with Gasteiger partial charge < -0.3 is 19.7 Å². The van der Waals surface area contributed by atoms with Crippen molar-refractivity contribution in [2.45, 2.75) is 25.4 Å². The van der Waals surface area contributed by atoms with Crippen LogP contribution in [-0.2, 0) is 16.0 Å². The summed E-state index contributed by atoms with van der Waals surface area (Å²) in [4.78, 5) is 2.43. The number of nitrogens with one attached hydrogen (secondary N) is 1. The van der Waals surface area contributed by atoms with E-state index in [1.807, 2.05) is 12.1 Å². The Labute approximate surface area is 132 Å². The summed E-state index contributed by atoms with van der Waals surface area (Å²) in [7, 11) is 3.46. The molecule has 0 atom stereocenters. The number of benzene rings is 1. The fourth-order valence-electron chi connectivity index (χ4n) is 2.45. The topological polar surface area (TPSA) is 33.7 Å². The average Bonchev–Trinajstić information content (AvgIpc) is 3.31. The first-order chi connectivity index (χ1) is 10.3. The van der Waals surface area contributed by atoms with Crippen molar-refractivity contribution in [3.8, 4) is 0 Å². The van der Waals surface area contributed by atoms with Gasteiger partial charge in [0.05, 0.1) is 13.2 Å². The first-order valence-electron chi connectivity index (χ1n) is 7.50. The van der Waals surface area contributed by atoms with Gasteiger partial charge in [-0.25, -0.2) is 0 Å². The van der Waals surface area contributed by atoms with E-state index < -0.39 is 0 Å². The molecule has 2 rings (SSSR count). The molecule has 0 heterocycles. The first-order valence-corrected chi connectivity index (χ1v) is 7.88. The number of nitrogens with zero attached hydrogens (tertiary/aromatic N) is 1. The summed E-state index contributed by atoms with van der Waals surface area (Å²) < 4.78 is 10.3. The van der Waals surface area contributed by atoms with E-state index in [1.165, 1.54) is 24.1 Å². The van der Waals surface area contributed by atoms with E-state index in [1.54, 1.807) is 14.2 Å². The summed E-state index contributed by atoms with van der Waals surface area (Å²) in [6.45, 7) is 3.93. The van der Waals surface area contributed by atoms with Gasteiger partial charge in [-0.3, -0.25) is 0 Å². The molecular weight excluding hydrogens is 288 g/mol. The van der Waals surface area contributed by atoms with Gasteiger partial charge in [-0.2, -0.15) is 0 Å². The van der Waals surface area contributed by atoms with Crippen LogP contribution in [0.25, 0.3) is 0 Å². The first kappa shape index (κ1) is 16.6. The zero-order valence-corrected chi connectivity index (χ0v) is 13.7. The lowest BCUT2D eigenvalue weighted by atomic mass is 10.1. The summed E-state index contributed by atoms with van der Waals surface area (Å²) >= 11 is 6.42. The third kappa shape index (κ3) is 4.85. The van der Waals surface area contributed by atoms with Crippen molar-refractivity contribution < 1.29 is 9.47 Å². The Morgan fingerprint density at radius 2 is 2.00 bits per heavy atom. The monoisotopic (exact) mass is 312 g/mol. The highest BCUT2D eigenvalue weighted by Crippen LogP contribution is 2.35. The highest BCUT2D eigenvalue weighted by Gasteiger charge is 2.30. The zero-order chi connectivity index (χ0) is 15.1. The summed E-state index contributed by atoms with van der Waals surface area (Å²) in [5, 5.41) is 4.21. The van der Waals surface area contributed by atoms with Crippen LogP contribution < -0.4 is 10.2 Å². The van der Waals surface area contributed by atoms with Crippen LogP contribution in [-0.4, -0.2) is 46.6 Å². The van der Waals surface area contributed by atoms with Gasteiger partial charge in [-0.15, -0.1) is 0 Å². The van der Waals surface area contributed by atoms with Crippen LogP contribution in [0, 0.1) is 0 Å². The molecule has 21 heavy (non-hydrogen) atoms. The van der Waals surface area contributed by atoms with Gasteiger partial charge in [0.1, 0.15) is 0 Å². The molecule has 118 valence electrons. The number of rotatable bonds is 10. The van der Waals surface area contributed by atoms with Gasteiger partial charge >= 0.3 is 0 Å². The molecule has 0 spiro atoms. The predicted molar refractivity (Wildman–Crippen MR) is 87.3 cm³/mol. The highest BCUT2D eigenvalue weighted by atomic mass is 35.5. The minimum atomic E-state index is 0.636. The fourth-order valence-corrected chi connectivity index (χ4v) is 2.69. The summed E-state index contributed by atoms with van der Waals surface area (Å²) in [6, 6.07) is 6.78. The number of methoxy groups -OCH3 is 2. The van der Waals surface area contributed by atoms with Gasteiger partial charge in [0.15, 0.2) is 0 Å². The van der Waals surface area contributed by atoms with Crippen molar-refractivity contribution in [1.82, 2.24) is 5.32 Å². The van der Waals surface area contributed by atoms with Crippen LogP contribution in [0.15, 0.2) is 18.2 Å². The number of hydrogen-bond donors (Lipinski definition) is 1. The molecule has 0 radical (unpaired) electrons. The standard InChI is InChI=1S/C16H25ClN2O2/c1-20-10-8-18-12-14-15(17)4-3-5-16(14)19(9-11-21-2)13-6-7-13/h3-5,13,18H,6-12H2,1-2H3. The van der Waals surface area contributed by atoms with Crippen molar-refractivity contribution in [2.75, 3.05) is 45.4 Å². The summed E-state index contributed by atoms with van der Waals surface area (Å²) in [5.41, 5.74) is 2.39. The van der Waals surface area contributed by atoms with Gasteiger partial charge in [0.2, 0.25) is 0 Å². The molecule has 0 bridgehead atoms. The molecule has 1 N–H and O–H groups in total. The Bertz CT molecular complexity index is 438. The normalized spacial score (nSPS) is 14.4. The molecular formula is C16H25ClN2O2.